The van der Waals surface area contributed by atoms with Crippen LogP contribution in [0.2, 0.25) is 0 Å². The molecule has 0 saturated carbocycles. The summed E-state index contributed by atoms with van der Waals surface area (Å²) in [5.41, 5.74) is 2.41. The summed E-state index contributed by atoms with van der Waals surface area (Å²) in [4.78, 5) is 18.0. The average Bonchev–Trinajstić information content (AvgIpc) is 2.93. The number of aromatic amines is 1. The van der Waals surface area contributed by atoms with E-state index < -0.39 is 6.10 Å². The van der Waals surface area contributed by atoms with E-state index >= 15 is 0 Å². The first kappa shape index (κ1) is 16.1. The fourth-order valence-electron chi connectivity index (χ4n) is 3.71. The first-order valence-electron chi connectivity index (χ1n) is 8.59. The predicted octanol–water partition coefficient (Wildman–Crippen LogP) is 3.11. The normalized spacial score (nSPS) is 23.4. The molecular formula is C19H26N2O2. The van der Waals surface area contributed by atoms with Crippen molar-refractivity contribution >= 4 is 16.8 Å². The topological polar surface area (TPSA) is 56.3 Å². The summed E-state index contributed by atoms with van der Waals surface area (Å²) in [7, 11) is 0. The Kier molecular flexibility index (Phi) is 4.71. The molecule has 1 saturated heterocycles. The van der Waals surface area contributed by atoms with E-state index in [9.17, 15) is 9.90 Å². The number of piperidine rings is 1. The van der Waals surface area contributed by atoms with Gasteiger partial charge in [-0.2, -0.15) is 0 Å². The highest BCUT2D eigenvalue weighted by atomic mass is 16.3. The minimum Gasteiger partial charge on any atom is -0.393 e. The Balaban J connectivity index is 1.69. The lowest BCUT2D eigenvalue weighted by molar-refractivity contribution is -0.142. The van der Waals surface area contributed by atoms with Crippen LogP contribution in [-0.2, 0) is 11.2 Å². The molecule has 1 aromatic heterocycles. The molecule has 124 valence electrons. The van der Waals surface area contributed by atoms with Gasteiger partial charge in [-0.25, -0.2) is 0 Å². The van der Waals surface area contributed by atoms with Crippen molar-refractivity contribution in [2.24, 2.45) is 5.92 Å². The van der Waals surface area contributed by atoms with E-state index in [0.29, 0.717) is 6.42 Å². The lowest BCUT2D eigenvalue weighted by atomic mass is 9.88. The third-order valence-corrected chi connectivity index (χ3v) is 5.02. The van der Waals surface area contributed by atoms with Crippen LogP contribution in [0.5, 0.6) is 0 Å². The fraction of sp³-hybridized carbons (Fsp3) is 0.526. The van der Waals surface area contributed by atoms with E-state index in [1.54, 1.807) is 6.92 Å². The van der Waals surface area contributed by atoms with Gasteiger partial charge in [0.15, 0.2) is 0 Å². The Hall–Kier alpha value is -1.81. The summed E-state index contributed by atoms with van der Waals surface area (Å²) in [6, 6.07) is 8.57. The number of carbonyl (C=O) groups is 1. The Labute approximate surface area is 137 Å². The zero-order valence-corrected chi connectivity index (χ0v) is 14.0. The van der Waals surface area contributed by atoms with Crippen molar-refractivity contribution in [3.8, 4) is 0 Å². The zero-order valence-electron chi connectivity index (χ0n) is 14.0. The van der Waals surface area contributed by atoms with Crippen LogP contribution in [0.3, 0.4) is 0 Å². The maximum absolute atomic E-state index is 12.7. The smallest absolute Gasteiger partial charge is 0.226 e. The van der Waals surface area contributed by atoms with Crippen LogP contribution < -0.4 is 0 Å². The molecule has 2 N–H and O–H groups in total. The Morgan fingerprint density at radius 2 is 2.13 bits per heavy atom. The van der Waals surface area contributed by atoms with Crippen LogP contribution in [0.4, 0.5) is 0 Å². The molecule has 4 heteroatoms. The van der Waals surface area contributed by atoms with Gasteiger partial charge in [-0.05, 0) is 51.2 Å². The first-order valence-corrected chi connectivity index (χ1v) is 8.59. The van der Waals surface area contributed by atoms with Gasteiger partial charge in [0.1, 0.15) is 0 Å². The Morgan fingerprint density at radius 3 is 2.91 bits per heavy atom. The molecular weight excluding hydrogens is 288 g/mol. The Bertz CT molecular complexity index is 677. The van der Waals surface area contributed by atoms with Crippen LogP contribution in [0.15, 0.2) is 30.5 Å². The molecule has 2 aromatic rings. The van der Waals surface area contributed by atoms with Crippen LogP contribution in [0.1, 0.15) is 38.7 Å². The number of aromatic nitrogens is 1. The number of hydrogen-bond donors (Lipinski definition) is 2. The van der Waals surface area contributed by atoms with Gasteiger partial charge in [0, 0.05) is 35.6 Å². The van der Waals surface area contributed by atoms with E-state index in [-0.39, 0.29) is 17.9 Å². The van der Waals surface area contributed by atoms with Gasteiger partial charge >= 0.3 is 0 Å². The minimum absolute atomic E-state index is 0.0193. The van der Waals surface area contributed by atoms with Crippen molar-refractivity contribution < 1.29 is 9.90 Å². The van der Waals surface area contributed by atoms with Gasteiger partial charge in [-0.1, -0.05) is 18.2 Å². The van der Waals surface area contributed by atoms with E-state index in [4.69, 9.17) is 0 Å². The maximum atomic E-state index is 12.7. The van der Waals surface area contributed by atoms with Crippen LogP contribution in [0, 0.1) is 5.92 Å². The molecule has 0 radical (unpaired) electrons. The van der Waals surface area contributed by atoms with Crippen LogP contribution >= 0.6 is 0 Å². The fourth-order valence-corrected chi connectivity index (χ4v) is 3.71. The summed E-state index contributed by atoms with van der Waals surface area (Å²) in [6.07, 6.45) is 5.01. The molecule has 1 aliphatic rings. The lowest BCUT2D eigenvalue weighted by Gasteiger charge is -2.38. The number of benzene rings is 1. The van der Waals surface area contributed by atoms with Gasteiger partial charge < -0.3 is 15.0 Å². The van der Waals surface area contributed by atoms with E-state index in [1.165, 1.54) is 10.9 Å². The number of hydrogen-bond acceptors (Lipinski definition) is 2. The largest absolute Gasteiger partial charge is 0.393 e. The number of amides is 1. The standard InChI is InChI=1S/C19H26N2O2/c1-13-7-8-15(11-14(2)22)19(23)21(13)10-9-16-12-20-18-6-4-3-5-17(16)18/h3-6,12-15,20,22H,7-11H2,1-2H3. The highest BCUT2D eigenvalue weighted by Crippen LogP contribution is 2.27. The van der Waals surface area contributed by atoms with E-state index in [2.05, 4.69) is 30.2 Å². The second kappa shape index (κ2) is 6.75. The average molecular weight is 314 g/mol. The van der Waals surface area contributed by atoms with Crippen molar-refractivity contribution in [2.45, 2.75) is 51.7 Å². The molecule has 0 spiro atoms. The number of nitrogens with one attached hydrogen (secondary N) is 1. The molecule has 1 aliphatic heterocycles. The number of nitrogens with zero attached hydrogens (tertiary/aromatic N) is 1. The van der Waals surface area contributed by atoms with Crippen molar-refractivity contribution in [3.05, 3.63) is 36.0 Å². The SMILES string of the molecule is CC(O)CC1CCC(C)N(CCc2c[nH]c3ccccc23)C1=O. The summed E-state index contributed by atoms with van der Waals surface area (Å²) >= 11 is 0. The molecule has 0 bridgehead atoms. The molecule has 1 aromatic carbocycles. The number of H-pyrrole nitrogens is 1. The van der Waals surface area contributed by atoms with Crippen molar-refractivity contribution in [1.29, 1.82) is 0 Å². The third kappa shape index (κ3) is 3.42. The number of para-hydroxylation sites is 1. The van der Waals surface area contributed by atoms with E-state index in [1.807, 2.05) is 17.0 Å². The highest BCUT2D eigenvalue weighted by Gasteiger charge is 2.33. The molecule has 2 heterocycles. The maximum Gasteiger partial charge on any atom is 0.226 e. The number of aliphatic hydroxyl groups is 1. The number of carbonyl (C=O) groups excluding carboxylic acids is 1. The predicted molar refractivity (Wildman–Crippen MR) is 92.2 cm³/mol. The summed E-state index contributed by atoms with van der Waals surface area (Å²) in [5, 5.41) is 10.8. The van der Waals surface area contributed by atoms with Crippen molar-refractivity contribution in [2.75, 3.05) is 6.54 Å². The quantitative estimate of drug-likeness (QED) is 0.891. The molecule has 4 nitrogen and oxygen atoms in total. The van der Waals surface area contributed by atoms with Crippen LogP contribution in [-0.4, -0.2) is 39.6 Å². The number of aliphatic hydroxyl groups excluding tert-OH is 1. The van der Waals surface area contributed by atoms with Gasteiger partial charge in [0.05, 0.1) is 6.10 Å². The lowest BCUT2D eigenvalue weighted by Crippen LogP contribution is -2.48. The number of rotatable bonds is 5. The van der Waals surface area contributed by atoms with Crippen LogP contribution in [0.25, 0.3) is 10.9 Å². The van der Waals surface area contributed by atoms with Gasteiger partial charge in [-0.15, -0.1) is 0 Å². The minimum atomic E-state index is -0.409. The Morgan fingerprint density at radius 1 is 1.35 bits per heavy atom. The number of likely N-dealkylation sites (tertiary alicyclic amines) is 1. The molecule has 0 aliphatic carbocycles. The van der Waals surface area contributed by atoms with E-state index in [0.717, 1.165) is 31.3 Å². The highest BCUT2D eigenvalue weighted by molar-refractivity contribution is 5.83. The molecule has 23 heavy (non-hydrogen) atoms. The zero-order chi connectivity index (χ0) is 16.4. The molecule has 3 rings (SSSR count). The van der Waals surface area contributed by atoms with Gasteiger partial charge in [-0.3, -0.25) is 4.79 Å². The van der Waals surface area contributed by atoms with Gasteiger partial charge in [0.2, 0.25) is 5.91 Å². The first-order chi connectivity index (χ1) is 11.1. The molecule has 3 unspecified atom stereocenters. The molecule has 1 fully saturated rings. The van der Waals surface area contributed by atoms with Crippen molar-refractivity contribution in [1.82, 2.24) is 9.88 Å². The second-order valence-corrected chi connectivity index (χ2v) is 6.85. The van der Waals surface area contributed by atoms with Gasteiger partial charge in [0.25, 0.3) is 0 Å². The summed E-state index contributed by atoms with van der Waals surface area (Å²) in [5.74, 6) is 0.193. The molecule has 1 amide bonds. The summed E-state index contributed by atoms with van der Waals surface area (Å²) < 4.78 is 0. The second-order valence-electron chi connectivity index (χ2n) is 6.85. The van der Waals surface area contributed by atoms with Crippen molar-refractivity contribution in [3.63, 3.8) is 0 Å². The third-order valence-electron chi connectivity index (χ3n) is 5.02. The monoisotopic (exact) mass is 314 g/mol. The number of fused-ring (bicyclic) bond motifs is 1. The molecule has 3 atom stereocenters. The summed E-state index contributed by atoms with van der Waals surface area (Å²) in [6.45, 7) is 4.64.